The second kappa shape index (κ2) is 5.79. The lowest BCUT2D eigenvalue weighted by Gasteiger charge is -2.05. The molecule has 0 atom stereocenters. The second-order valence-corrected chi connectivity index (χ2v) is 4.10. The van der Waals surface area contributed by atoms with Crippen molar-refractivity contribution in [3.05, 3.63) is 69.5 Å². The van der Waals surface area contributed by atoms with Crippen LogP contribution < -0.4 is 5.32 Å². The summed E-state index contributed by atoms with van der Waals surface area (Å²) >= 11 is 0. The van der Waals surface area contributed by atoms with Crippen LogP contribution in [-0.2, 0) is 0 Å². The zero-order valence-corrected chi connectivity index (χ0v) is 10.5. The molecule has 0 heterocycles. The number of nitrogens with one attached hydrogen (secondary N) is 1. The highest BCUT2D eigenvalue weighted by Gasteiger charge is 2.14. The number of nitro groups is 1. The van der Waals surface area contributed by atoms with Crippen LogP contribution in [0.1, 0.15) is 15.9 Å². The van der Waals surface area contributed by atoms with Crippen LogP contribution in [0.3, 0.4) is 0 Å². The maximum Gasteiger partial charge on any atom is 0.273 e. The highest BCUT2D eigenvalue weighted by atomic mass is 19.1. The van der Waals surface area contributed by atoms with Crippen LogP contribution in [0.25, 0.3) is 0 Å². The van der Waals surface area contributed by atoms with Crippen LogP contribution in [0, 0.1) is 27.3 Å². The fourth-order valence-corrected chi connectivity index (χ4v) is 1.64. The van der Waals surface area contributed by atoms with E-state index in [1.165, 1.54) is 24.3 Å². The molecule has 0 aliphatic rings. The smallest absolute Gasteiger partial charge is 0.273 e. The maximum absolute atomic E-state index is 13.3. The second-order valence-electron chi connectivity index (χ2n) is 4.10. The minimum Gasteiger partial charge on any atom is -0.322 e. The molecule has 0 saturated carbocycles. The van der Waals surface area contributed by atoms with Gasteiger partial charge in [-0.2, -0.15) is 5.26 Å². The average Bonchev–Trinajstić information content (AvgIpc) is 2.47. The Hall–Kier alpha value is -3.27. The van der Waals surface area contributed by atoms with Crippen molar-refractivity contribution in [3.63, 3.8) is 0 Å². The third kappa shape index (κ3) is 3.39. The van der Waals surface area contributed by atoms with E-state index in [0.29, 0.717) is 11.3 Å². The van der Waals surface area contributed by atoms with Crippen molar-refractivity contribution < 1.29 is 14.1 Å². The molecule has 2 aromatic rings. The summed E-state index contributed by atoms with van der Waals surface area (Å²) in [5, 5.41) is 21.8. The van der Waals surface area contributed by atoms with Gasteiger partial charge in [0.15, 0.2) is 0 Å². The van der Waals surface area contributed by atoms with Crippen LogP contribution in [0.2, 0.25) is 0 Å². The number of halogens is 1. The van der Waals surface area contributed by atoms with Crippen molar-refractivity contribution in [2.24, 2.45) is 0 Å². The number of nitrogens with zero attached hydrogens (tertiary/aromatic N) is 2. The molecule has 6 nitrogen and oxygen atoms in total. The molecule has 2 rings (SSSR count). The predicted molar refractivity (Wildman–Crippen MR) is 72.2 cm³/mol. The highest BCUT2D eigenvalue weighted by Crippen LogP contribution is 2.18. The minimum absolute atomic E-state index is 0.161. The summed E-state index contributed by atoms with van der Waals surface area (Å²) in [5.74, 6) is -1.54. The number of amides is 1. The molecular weight excluding hydrogens is 277 g/mol. The summed E-state index contributed by atoms with van der Waals surface area (Å²) < 4.78 is 13.3. The Morgan fingerprint density at radius 2 is 1.90 bits per heavy atom. The quantitative estimate of drug-likeness (QED) is 0.692. The lowest BCUT2D eigenvalue weighted by atomic mass is 10.1. The van der Waals surface area contributed by atoms with Gasteiger partial charge in [0, 0.05) is 17.3 Å². The first-order chi connectivity index (χ1) is 9.99. The monoisotopic (exact) mass is 285 g/mol. The van der Waals surface area contributed by atoms with E-state index in [9.17, 15) is 19.3 Å². The third-order valence-electron chi connectivity index (χ3n) is 2.63. The van der Waals surface area contributed by atoms with Crippen molar-refractivity contribution in [3.8, 4) is 6.07 Å². The molecule has 7 heteroatoms. The van der Waals surface area contributed by atoms with Gasteiger partial charge in [-0.3, -0.25) is 14.9 Å². The van der Waals surface area contributed by atoms with E-state index in [0.717, 1.165) is 18.2 Å². The molecule has 0 aliphatic carbocycles. The summed E-state index contributed by atoms with van der Waals surface area (Å²) in [6.07, 6.45) is 0. The Bertz CT molecular complexity index is 751. The van der Waals surface area contributed by atoms with Gasteiger partial charge in [-0.1, -0.05) is 0 Å². The molecule has 1 N–H and O–H groups in total. The lowest BCUT2D eigenvalue weighted by molar-refractivity contribution is -0.385. The van der Waals surface area contributed by atoms with Gasteiger partial charge in [-0.05, 0) is 30.3 Å². The average molecular weight is 285 g/mol. The van der Waals surface area contributed by atoms with E-state index in [1.807, 2.05) is 6.07 Å². The van der Waals surface area contributed by atoms with Gasteiger partial charge in [0.1, 0.15) is 5.82 Å². The number of carbonyl (C=O) groups excluding carboxylic acids is 1. The summed E-state index contributed by atoms with van der Waals surface area (Å²) in [7, 11) is 0. The Kier molecular flexibility index (Phi) is 3.90. The fourth-order valence-electron chi connectivity index (χ4n) is 1.64. The molecule has 1 amide bonds. The zero-order chi connectivity index (χ0) is 15.4. The fraction of sp³-hybridized carbons (Fsp3) is 0. The van der Waals surface area contributed by atoms with E-state index in [-0.39, 0.29) is 5.56 Å². The third-order valence-corrected chi connectivity index (χ3v) is 2.63. The number of hydrogen-bond acceptors (Lipinski definition) is 4. The molecule has 0 aliphatic heterocycles. The standard InChI is InChI=1S/C14H8FN3O3/c15-11-5-10(6-13(7-11)18(20)21)14(19)17-12-3-1-9(8-16)2-4-12/h1-7H,(H,17,19). The molecule has 104 valence electrons. The predicted octanol–water partition coefficient (Wildman–Crippen LogP) is 2.86. The molecule has 0 spiro atoms. The molecule has 2 aromatic carbocycles. The highest BCUT2D eigenvalue weighted by molar-refractivity contribution is 6.04. The first kappa shape index (κ1) is 14.1. The van der Waals surface area contributed by atoms with E-state index < -0.39 is 22.3 Å². The molecule has 21 heavy (non-hydrogen) atoms. The van der Waals surface area contributed by atoms with Gasteiger partial charge in [0.2, 0.25) is 0 Å². The first-order valence-corrected chi connectivity index (χ1v) is 5.76. The summed E-state index contributed by atoms with van der Waals surface area (Å²) in [6, 6.07) is 10.6. The van der Waals surface area contributed by atoms with E-state index in [4.69, 9.17) is 5.26 Å². The maximum atomic E-state index is 13.3. The Balaban J connectivity index is 2.23. The van der Waals surface area contributed by atoms with Crippen LogP contribution in [0.5, 0.6) is 0 Å². The molecule has 0 fully saturated rings. The molecule has 0 aromatic heterocycles. The van der Waals surface area contributed by atoms with Gasteiger partial charge in [0.05, 0.1) is 22.6 Å². The molecule has 0 unspecified atom stereocenters. The number of nitriles is 1. The van der Waals surface area contributed by atoms with Crippen molar-refractivity contribution in [2.45, 2.75) is 0 Å². The number of hydrogen-bond donors (Lipinski definition) is 1. The number of nitro benzene ring substituents is 1. The van der Waals surface area contributed by atoms with Gasteiger partial charge in [0.25, 0.3) is 11.6 Å². The largest absolute Gasteiger partial charge is 0.322 e. The van der Waals surface area contributed by atoms with Gasteiger partial charge in [-0.15, -0.1) is 0 Å². The molecular formula is C14H8FN3O3. The topological polar surface area (TPSA) is 96.0 Å². The zero-order valence-electron chi connectivity index (χ0n) is 10.5. The van der Waals surface area contributed by atoms with Crippen LogP contribution >= 0.6 is 0 Å². The summed E-state index contributed by atoms with van der Waals surface area (Å²) in [6.45, 7) is 0. The molecule has 0 radical (unpaired) electrons. The SMILES string of the molecule is N#Cc1ccc(NC(=O)c2cc(F)cc([N+](=O)[O-])c2)cc1. The summed E-state index contributed by atoms with van der Waals surface area (Å²) in [4.78, 5) is 21.8. The lowest BCUT2D eigenvalue weighted by Crippen LogP contribution is -2.12. The van der Waals surface area contributed by atoms with Gasteiger partial charge >= 0.3 is 0 Å². The van der Waals surface area contributed by atoms with Crippen LogP contribution in [0.15, 0.2) is 42.5 Å². The van der Waals surface area contributed by atoms with Crippen molar-refractivity contribution in [1.82, 2.24) is 0 Å². The summed E-state index contributed by atoms with van der Waals surface area (Å²) in [5.41, 5.74) is 0.159. The van der Waals surface area contributed by atoms with Crippen molar-refractivity contribution in [2.75, 3.05) is 5.32 Å². The van der Waals surface area contributed by atoms with E-state index in [2.05, 4.69) is 5.32 Å². The Labute approximate surface area is 118 Å². The van der Waals surface area contributed by atoms with Crippen LogP contribution in [0.4, 0.5) is 15.8 Å². The van der Waals surface area contributed by atoms with E-state index >= 15 is 0 Å². The molecule has 0 saturated heterocycles. The van der Waals surface area contributed by atoms with Gasteiger partial charge in [-0.25, -0.2) is 4.39 Å². The number of carbonyl (C=O) groups is 1. The first-order valence-electron chi connectivity index (χ1n) is 5.76. The van der Waals surface area contributed by atoms with Crippen molar-refractivity contribution in [1.29, 1.82) is 5.26 Å². The number of rotatable bonds is 3. The number of benzene rings is 2. The number of anilines is 1. The van der Waals surface area contributed by atoms with Crippen LogP contribution in [-0.4, -0.2) is 10.8 Å². The normalized spacial score (nSPS) is 9.71. The van der Waals surface area contributed by atoms with E-state index in [1.54, 1.807) is 0 Å². The Morgan fingerprint density at radius 3 is 2.48 bits per heavy atom. The Morgan fingerprint density at radius 1 is 1.24 bits per heavy atom. The minimum atomic E-state index is -0.867. The molecule has 0 bridgehead atoms. The van der Waals surface area contributed by atoms with Gasteiger partial charge < -0.3 is 5.32 Å². The van der Waals surface area contributed by atoms with Crippen molar-refractivity contribution >= 4 is 17.3 Å². The number of non-ortho nitro benzene ring substituents is 1.